The van der Waals surface area contributed by atoms with Crippen LogP contribution < -0.4 is 5.32 Å². The summed E-state index contributed by atoms with van der Waals surface area (Å²) in [7, 11) is 0. The Morgan fingerprint density at radius 3 is 2.69 bits per heavy atom. The molecule has 0 saturated heterocycles. The smallest absolute Gasteiger partial charge is 0.345 e. The molecule has 0 spiro atoms. The zero-order chi connectivity index (χ0) is 11.5. The van der Waals surface area contributed by atoms with Crippen LogP contribution in [0.25, 0.3) is 0 Å². The summed E-state index contributed by atoms with van der Waals surface area (Å²) in [6.07, 6.45) is 2.63. The molecule has 6 nitrogen and oxygen atoms in total. The Kier molecular flexibility index (Phi) is 2.69. The molecule has 0 bridgehead atoms. The molecule has 2 heterocycles. The number of carboxylic acids is 1. The van der Waals surface area contributed by atoms with Crippen LogP contribution in [-0.4, -0.2) is 22.1 Å². The summed E-state index contributed by atoms with van der Waals surface area (Å²) >= 11 is 0.908. The Morgan fingerprint density at radius 2 is 2.12 bits per heavy atom. The summed E-state index contributed by atoms with van der Waals surface area (Å²) in [6, 6.07) is 2.84. The molecule has 2 N–H and O–H groups in total. The third kappa shape index (κ3) is 2.09. The van der Waals surface area contributed by atoms with Crippen LogP contribution in [-0.2, 0) is 0 Å². The minimum Gasteiger partial charge on any atom is -0.477 e. The van der Waals surface area contributed by atoms with E-state index in [9.17, 15) is 9.59 Å². The van der Waals surface area contributed by atoms with Gasteiger partial charge in [-0.25, -0.2) is 4.79 Å². The zero-order valence-corrected chi connectivity index (χ0v) is 8.65. The van der Waals surface area contributed by atoms with Gasteiger partial charge in [0.25, 0.3) is 5.91 Å². The van der Waals surface area contributed by atoms with Crippen LogP contribution in [0.2, 0.25) is 0 Å². The van der Waals surface area contributed by atoms with Crippen molar-refractivity contribution >= 4 is 28.9 Å². The van der Waals surface area contributed by atoms with Gasteiger partial charge in [0.2, 0.25) is 0 Å². The van der Waals surface area contributed by atoms with E-state index in [1.54, 1.807) is 0 Å². The van der Waals surface area contributed by atoms with Gasteiger partial charge in [0.1, 0.15) is 16.8 Å². The standard InChI is InChI=1S/C9H6N2O4S/c12-8(11-5-3-10-15-4-5)6-1-2-7(16-6)9(13)14/h1-4H,(H,11,12)(H,13,14). The van der Waals surface area contributed by atoms with Gasteiger partial charge in [-0.15, -0.1) is 11.3 Å². The first-order chi connectivity index (χ1) is 7.66. The number of amides is 1. The van der Waals surface area contributed by atoms with Crippen molar-refractivity contribution in [1.29, 1.82) is 0 Å². The summed E-state index contributed by atoms with van der Waals surface area (Å²) in [5, 5.41) is 14.6. The van der Waals surface area contributed by atoms with Crippen molar-refractivity contribution in [1.82, 2.24) is 5.16 Å². The van der Waals surface area contributed by atoms with E-state index < -0.39 is 5.97 Å². The molecule has 2 rings (SSSR count). The van der Waals surface area contributed by atoms with Crippen molar-refractivity contribution in [3.05, 3.63) is 34.3 Å². The van der Waals surface area contributed by atoms with Crippen molar-refractivity contribution in [2.45, 2.75) is 0 Å². The van der Waals surface area contributed by atoms with Gasteiger partial charge in [-0.2, -0.15) is 0 Å². The third-order valence-corrected chi connectivity index (χ3v) is 2.80. The van der Waals surface area contributed by atoms with Crippen molar-refractivity contribution < 1.29 is 19.2 Å². The van der Waals surface area contributed by atoms with Gasteiger partial charge in [-0.1, -0.05) is 5.16 Å². The van der Waals surface area contributed by atoms with E-state index in [-0.39, 0.29) is 10.8 Å². The number of hydrogen-bond donors (Lipinski definition) is 2. The second-order valence-corrected chi connectivity index (χ2v) is 3.92. The van der Waals surface area contributed by atoms with Crippen molar-refractivity contribution in [3.8, 4) is 0 Å². The van der Waals surface area contributed by atoms with E-state index in [1.807, 2.05) is 0 Å². The second-order valence-electron chi connectivity index (χ2n) is 2.84. The summed E-state index contributed by atoms with van der Waals surface area (Å²) in [5.74, 6) is -1.44. The van der Waals surface area contributed by atoms with Gasteiger partial charge in [0.05, 0.1) is 11.1 Å². The molecule has 0 radical (unpaired) electrons. The molecule has 7 heteroatoms. The first kappa shape index (κ1) is 10.4. The maximum atomic E-state index is 11.6. The van der Waals surface area contributed by atoms with Gasteiger partial charge >= 0.3 is 5.97 Å². The van der Waals surface area contributed by atoms with E-state index in [2.05, 4.69) is 15.0 Å². The van der Waals surface area contributed by atoms with Crippen LogP contribution in [0, 0.1) is 0 Å². The monoisotopic (exact) mass is 238 g/mol. The van der Waals surface area contributed by atoms with E-state index in [0.717, 1.165) is 11.3 Å². The molecule has 0 aliphatic carbocycles. The van der Waals surface area contributed by atoms with Crippen molar-refractivity contribution in [3.63, 3.8) is 0 Å². The number of aromatic carboxylic acids is 1. The SMILES string of the molecule is O=C(O)c1ccc(C(=O)Nc2cnoc2)s1. The molecule has 1 amide bonds. The molecular formula is C9H6N2O4S. The molecule has 0 aliphatic rings. The molecule has 0 atom stereocenters. The Bertz CT molecular complexity index is 517. The molecule has 0 fully saturated rings. The minimum absolute atomic E-state index is 0.121. The summed E-state index contributed by atoms with van der Waals surface area (Å²) in [5.41, 5.74) is 0.426. The first-order valence-electron chi connectivity index (χ1n) is 4.20. The lowest BCUT2D eigenvalue weighted by molar-refractivity contribution is 0.0702. The number of carboxylic acid groups (broad SMARTS) is 1. The maximum absolute atomic E-state index is 11.6. The average molecular weight is 238 g/mol. The van der Waals surface area contributed by atoms with Gasteiger partial charge in [-0.05, 0) is 12.1 Å². The lowest BCUT2D eigenvalue weighted by Crippen LogP contribution is -2.09. The minimum atomic E-state index is -1.05. The normalized spacial score (nSPS) is 10.0. The fourth-order valence-corrected chi connectivity index (χ4v) is 1.77. The molecule has 82 valence electrons. The highest BCUT2D eigenvalue weighted by Gasteiger charge is 2.13. The highest BCUT2D eigenvalue weighted by atomic mass is 32.1. The number of aromatic nitrogens is 1. The fourth-order valence-electron chi connectivity index (χ4n) is 1.03. The van der Waals surface area contributed by atoms with Crippen molar-refractivity contribution in [2.24, 2.45) is 0 Å². The predicted molar refractivity (Wildman–Crippen MR) is 55.7 cm³/mol. The van der Waals surface area contributed by atoms with E-state index in [1.165, 1.54) is 24.6 Å². The van der Waals surface area contributed by atoms with Gasteiger partial charge < -0.3 is 14.9 Å². The fraction of sp³-hybridized carbons (Fsp3) is 0. The Hall–Kier alpha value is -2.15. The number of hydrogen-bond acceptors (Lipinski definition) is 5. The molecular weight excluding hydrogens is 232 g/mol. The first-order valence-corrected chi connectivity index (χ1v) is 5.02. The number of anilines is 1. The second kappa shape index (κ2) is 4.15. The Labute approximate surface area is 93.5 Å². The molecule has 0 saturated carbocycles. The molecule has 0 aromatic carbocycles. The quantitative estimate of drug-likeness (QED) is 0.848. The van der Waals surface area contributed by atoms with Gasteiger partial charge in [0, 0.05) is 0 Å². The van der Waals surface area contributed by atoms with Crippen LogP contribution in [0.3, 0.4) is 0 Å². The third-order valence-electron chi connectivity index (χ3n) is 1.73. The largest absolute Gasteiger partial charge is 0.477 e. The predicted octanol–water partition coefficient (Wildman–Crippen LogP) is 1.69. The van der Waals surface area contributed by atoms with Crippen LogP contribution >= 0.6 is 11.3 Å². The number of nitrogens with one attached hydrogen (secondary N) is 1. The van der Waals surface area contributed by atoms with Crippen LogP contribution in [0.5, 0.6) is 0 Å². The van der Waals surface area contributed by atoms with E-state index in [0.29, 0.717) is 10.6 Å². The van der Waals surface area contributed by atoms with Crippen LogP contribution in [0.1, 0.15) is 19.3 Å². The zero-order valence-electron chi connectivity index (χ0n) is 7.84. The summed E-state index contributed by atoms with van der Waals surface area (Å²) in [4.78, 5) is 22.6. The number of carbonyl (C=O) groups excluding carboxylic acids is 1. The topological polar surface area (TPSA) is 92.4 Å². The Balaban J connectivity index is 2.12. The molecule has 2 aromatic rings. The van der Waals surface area contributed by atoms with Crippen LogP contribution in [0.4, 0.5) is 5.69 Å². The van der Waals surface area contributed by atoms with Gasteiger partial charge in [-0.3, -0.25) is 4.79 Å². The number of thiophene rings is 1. The van der Waals surface area contributed by atoms with Gasteiger partial charge in [0.15, 0.2) is 0 Å². The molecule has 2 aromatic heterocycles. The summed E-state index contributed by atoms with van der Waals surface area (Å²) < 4.78 is 4.54. The highest BCUT2D eigenvalue weighted by molar-refractivity contribution is 7.15. The molecule has 16 heavy (non-hydrogen) atoms. The average Bonchev–Trinajstić information content (AvgIpc) is 2.86. The number of carbonyl (C=O) groups is 2. The Morgan fingerprint density at radius 1 is 1.38 bits per heavy atom. The number of nitrogens with zero attached hydrogens (tertiary/aromatic N) is 1. The van der Waals surface area contributed by atoms with E-state index in [4.69, 9.17) is 5.11 Å². The lowest BCUT2D eigenvalue weighted by Gasteiger charge is -1.96. The van der Waals surface area contributed by atoms with Crippen LogP contribution in [0.15, 0.2) is 29.1 Å². The maximum Gasteiger partial charge on any atom is 0.345 e. The number of rotatable bonds is 3. The molecule has 0 unspecified atom stereocenters. The lowest BCUT2D eigenvalue weighted by atomic mass is 10.4. The van der Waals surface area contributed by atoms with Crippen molar-refractivity contribution in [2.75, 3.05) is 5.32 Å². The molecule has 0 aliphatic heterocycles. The van der Waals surface area contributed by atoms with E-state index >= 15 is 0 Å². The summed E-state index contributed by atoms with van der Waals surface area (Å²) in [6.45, 7) is 0. The highest BCUT2D eigenvalue weighted by Crippen LogP contribution is 2.18.